The first kappa shape index (κ1) is 12.1. The van der Waals surface area contributed by atoms with E-state index in [1.807, 2.05) is 24.3 Å². The Kier molecular flexibility index (Phi) is 2.98. The largest absolute Gasteiger partial charge is 0.435 e. The Morgan fingerprint density at radius 3 is 2.75 bits per heavy atom. The van der Waals surface area contributed by atoms with Crippen LogP contribution in [-0.4, -0.2) is 9.97 Å². The summed E-state index contributed by atoms with van der Waals surface area (Å²) in [6.07, 6.45) is 1.36. The molecule has 1 aromatic heterocycles. The van der Waals surface area contributed by atoms with Gasteiger partial charge in [-0.1, -0.05) is 12.1 Å². The minimum atomic E-state index is -0.605. The number of fused-ring (bicyclic) bond motifs is 1. The maximum atomic E-state index is 13.8. The molecule has 20 heavy (non-hydrogen) atoms. The average Bonchev–Trinajstić information content (AvgIpc) is 2.49. The minimum absolute atomic E-state index is 0.0212. The molecule has 0 aliphatic rings. The van der Waals surface area contributed by atoms with Crippen LogP contribution >= 0.6 is 0 Å². The van der Waals surface area contributed by atoms with E-state index in [1.54, 1.807) is 6.07 Å². The molecular formula is C15H8FN3O. The zero-order valence-corrected chi connectivity index (χ0v) is 10.2. The van der Waals surface area contributed by atoms with Crippen molar-refractivity contribution in [3.05, 3.63) is 60.2 Å². The molecule has 0 bridgehead atoms. The summed E-state index contributed by atoms with van der Waals surface area (Å²) in [6, 6.07) is 13.2. The van der Waals surface area contributed by atoms with E-state index < -0.39 is 5.82 Å². The zero-order valence-electron chi connectivity index (χ0n) is 10.2. The van der Waals surface area contributed by atoms with Gasteiger partial charge in [0.15, 0.2) is 11.6 Å². The van der Waals surface area contributed by atoms with Crippen LogP contribution in [0.5, 0.6) is 11.6 Å². The highest BCUT2D eigenvalue weighted by Crippen LogP contribution is 2.28. The number of rotatable bonds is 2. The lowest BCUT2D eigenvalue weighted by atomic mass is 10.2. The predicted octanol–water partition coefficient (Wildman–Crippen LogP) is 3.43. The smallest absolute Gasteiger partial charge is 0.230 e. The van der Waals surface area contributed by atoms with Gasteiger partial charge in [0, 0.05) is 0 Å². The molecule has 1 heterocycles. The van der Waals surface area contributed by atoms with E-state index in [1.165, 1.54) is 18.5 Å². The van der Waals surface area contributed by atoms with Crippen LogP contribution in [0.3, 0.4) is 0 Å². The Hall–Kier alpha value is -3.00. The summed E-state index contributed by atoms with van der Waals surface area (Å²) in [5, 5.41) is 9.40. The first-order valence-corrected chi connectivity index (χ1v) is 5.85. The number of halogens is 1. The second kappa shape index (κ2) is 4.94. The quantitative estimate of drug-likeness (QED) is 0.712. The van der Waals surface area contributed by atoms with Crippen molar-refractivity contribution in [2.75, 3.05) is 0 Å². The van der Waals surface area contributed by atoms with Crippen LogP contribution in [-0.2, 0) is 0 Å². The number of aromatic nitrogens is 2. The van der Waals surface area contributed by atoms with E-state index in [0.717, 1.165) is 6.07 Å². The van der Waals surface area contributed by atoms with Crippen molar-refractivity contribution < 1.29 is 9.13 Å². The van der Waals surface area contributed by atoms with Gasteiger partial charge in [-0.2, -0.15) is 5.26 Å². The summed E-state index contributed by atoms with van der Waals surface area (Å²) in [5.74, 6) is -0.307. The van der Waals surface area contributed by atoms with E-state index in [4.69, 9.17) is 10.00 Å². The Balaban J connectivity index is 2.04. The van der Waals surface area contributed by atoms with Gasteiger partial charge in [-0.3, -0.25) is 0 Å². The van der Waals surface area contributed by atoms with Gasteiger partial charge in [-0.05, 0) is 30.3 Å². The molecule has 4 nitrogen and oxygen atoms in total. The van der Waals surface area contributed by atoms with Gasteiger partial charge in [0.05, 0.1) is 22.5 Å². The van der Waals surface area contributed by atoms with Gasteiger partial charge in [-0.15, -0.1) is 0 Å². The van der Waals surface area contributed by atoms with Crippen LogP contribution in [0.25, 0.3) is 10.9 Å². The van der Waals surface area contributed by atoms with Crippen molar-refractivity contribution in [3.8, 4) is 17.7 Å². The first-order chi connectivity index (χ1) is 9.78. The molecule has 0 radical (unpaired) electrons. The highest BCUT2D eigenvalue weighted by Gasteiger charge is 2.09. The molecule has 0 aliphatic carbocycles. The second-order valence-electron chi connectivity index (χ2n) is 4.06. The molecule has 0 N–H and O–H groups in total. The van der Waals surface area contributed by atoms with E-state index >= 15 is 0 Å². The lowest BCUT2D eigenvalue weighted by Gasteiger charge is -2.08. The highest BCUT2D eigenvalue weighted by molar-refractivity contribution is 5.83. The Morgan fingerprint density at radius 1 is 1.10 bits per heavy atom. The number of nitrogens with zero attached hydrogens (tertiary/aromatic N) is 3. The van der Waals surface area contributed by atoms with Crippen molar-refractivity contribution in [1.29, 1.82) is 5.26 Å². The number of ether oxygens (including phenoxy) is 1. The van der Waals surface area contributed by atoms with Gasteiger partial charge in [0.25, 0.3) is 0 Å². The molecule has 0 saturated heterocycles. The molecule has 5 heteroatoms. The summed E-state index contributed by atoms with van der Waals surface area (Å²) < 4.78 is 19.3. The number of nitriles is 1. The van der Waals surface area contributed by atoms with Crippen LogP contribution in [0, 0.1) is 17.1 Å². The molecule has 0 saturated carbocycles. The van der Waals surface area contributed by atoms with E-state index in [0.29, 0.717) is 10.9 Å². The molecule has 0 spiro atoms. The van der Waals surface area contributed by atoms with Gasteiger partial charge in [-0.25, -0.2) is 14.4 Å². The van der Waals surface area contributed by atoms with Crippen LogP contribution < -0.4 is 4.74 Å². The third-order valence-corrected chi connectivity index (χ3v) is 2.77. The van der Waals surface area contributed by atoms with Crippen molar-refractivity contribution in [1.82, 2.24) is 9.97 Å². The van der Waals surface area contributed by atoms with E-state index in [-0.39, 0.29) is 17.2 Å². The third kappa shape index (κ3) is 2.15. The average molecular weight is 265 g/mol. The number of para-hydroxylation sites is 1. The number of benzene rings is 2. The van der Waals surface area contributed by atoms with Crippen molar-refractivity contribution in [2.45, 2.75) is 0 Å². The fraction of sp³-hybridized carbons (Fsp3) is 0. The molecule has 0 atom stereocenters. The lowest BCUT2D eigenvalue weighted by molar-refractivity contribution is 0.431. The fourth-order valence-electron chi connectivity index (χ4n) is 1.82. The monoisotopic (exact) mass is 265 g/mol. The summed E-state index contributed by atoms with van der Waals surface area (Å²) in [6.45, 7) is 0. The lowest BCUT2D eigenvalue weighted by Crippen LogP contribution is -1.93. The molecule has 0 fully saturated rings. The summed E-state index contributed by atoms with van der Waals surface area (Å²) in [7, 11) is 0. The van der Waals surface area contributed by atoms with Crippen LogP contribution in [0.1, 0.15) is 5.56 Å². The fourth-order valence-corrected chi connectivity index (χ4v) is 1.82. The molecule has 3 rings (SSSR count). The van der Waals surface area contributed by atoms with Crippen molar-refractivity contribution >= 4 is 10.9 Å². The van der Waals surface area contributed by atoms with Crippen LogP contribution in [0.4, 0.5) is 4.39 Å². The molecule has 0 aliphatic heterocycles. The number of hydrogen-bond acceptors (Lipinski definition) is 4. The Labute approximate surface area is 114 Å². The molecule has 3 aromatic rings. The van der Waals surface area contributed by atoms with Crippen molar-refractivity contribution in [3.63, 3.8) is 0 Å². The highest BCUT2D eigenvalue weighted by atomic mass is 19.1. The van der Waals surface area contributed by atoms with Crippen LogP contribution in [0.2, 0.25) is 0 Å². The van der Waals surface area contributed by atoms with E-state index in [2.05, 4.69) is 9.97 Å². The van der Waals surface area contributed by atoms with Gasteiger partial charge in [0.2, 0.25) is 5.88 Å². The normalized spacial score (nSPS) is 10.2. The molecule has 96 valence electrons. The molecular weight excluding hydrogens is 257 g/mol. The SMILES string of the molecule is N#Cc1ccc(Oc2ncnc3ccccc23)c(F)c1. The van der Waals surface area contributed by atoms with Gasteiger partial charge >= 0.3 is 0 Å². The summed E-state index contributed by atoms with van der Waals surface area (Å²) in [4.78, 5) is 8.13. The maximum absolute atomic E-state index is 13.8. The Bertz CT molecular complexity index is 821. The molecule has 0 unspecified atom stereocenters. The third-order valence-electron chi connectivity index (χ3n) is 2.77. The topological polar surface area (TPSA) is 58.8 Å². The standard InChI is InChI=1S/C15H8FN3O/c16-12-7-10(8-17)5-6-14(12)20-15-11-3-1-2-4-13(11)18-9-19-15/h1-7,9H. The van der Waals surface area contributed by atoms with Gasteiger partial charge in [0.1, 0.15) is 6.33 Å². The second-order valence-corrected chi connectivity index (χ2v) is 4.06. The zero-order chi connectivity index (χ0) is 13.9. The van der Waals surface area contributed by atoms with Crippen molar-refractivity contribution in [2.24, 2.45) is 0 Å². The number of hydrogen-bond donors (Lipinski definition) is 0. The molecule has 2 aromatic carbocycles. The Morgan fingerprint density at radius 2 is 1.95 bits per heavy atom. The first-order valence-electron chi connectivity index (χ1n) is 5.85. The summed E-state index contributed by atoms with van der Waals surface area (Å²) in [5.41, 5.74) is 0.953. The summed E-state index contributed by atoms with van der Waals surface area (Å²) >= 11 is 0. The molecule has 0 amide bonds. The van der Waals surface area contributed by atoms with E-state index in [9.17, 15) is 4.39 Å². The minimum Gasteiger partial charge on any atom is -0.435 e. The predicted molar refractivity (Wildman–Crippen MR) is 70.7 cm³/mol. The van der Waals surface area contributed by atoms with Crippen LogP contribution in [0.15, 0.2) is 48.8 Å². The van der Waals surface area contributed by atoms with Gasteiger partial charge < -0.3 is 4.74 Å². The maximum Gasteiger partial charge on any atom is 0.230 e.